The summed E-state index contributed by atoms with van der Waals surface area (Å²) >= 11 is 0. The summed E-state index contributed by atoms with van der Waals surface area (Å²) in [7, 11) is 1.81. The molecule has 1 amide bonds. The van der Waals surface area contributed by atoms with Crippen molar-refractivity contribution in [2.45, 2.75) is 39.2 Å². The molecule has 3 aromatic rings. The lowest BCUT2D eigenvalue weighted by atomic mass is 9.76. The van der Waals surface area contributed by atoms with Crippen LogP contribution in [0, 0.1) is 24.6 Å². The van der Waals surface area contributed by atoms with Crippen molar-refractivity contribution in [3.8, 4) is 5.75 Å². The molecule has 1 aliphatic rings. The summed E-state index contributed by atoms with van der Waals surface area (Å²) in [4.78, 5) is 12.3. The number of aromatic nitrogens is 2. The van der Waals surface area contributed by atoms with Crippen LogP contribution in [0.1, 0.15) is 49.1 Å². The molecule has 34 heavy (non-hydrogen) atoms. The number of aryl methyl sites for hydroxylation is 2. The Balaban J connectivity index is 1.41. The molecule has 1 aromatic heterocycles. The van der Waals surface area contributed by atoms with Crippen molar-refractivity contribution < 1.29 is 18.7 Å². The Morgan fingerprint density at radius 1 is 1.24 bits per heavy atom. The van der Waals surface area contributed by atoms with Gasteiger partial charge in [-0.3, -0.25) is 9.48 Å². The van der Waals surface area contributed by atoms with Gasteiger partial charge in [0.1, 0.15) is 11.6 Å². The normalized spacial score (nSPS) is 20.4. The van der Waals surface area contributed by atoms with Crippen LogP contribution in [0.25, 0.3) is 0 Å². The summed E-state index contributed by atoms with van der Waals surface area (Å²) < 4.78 is 27.2. The van der Waals surface area contributed by atoms with E-state index >= 15 is 0 Å². The fraction of sp³-hybridized carbons (Fsp3) is 0.407. The first-order valence-corrected chi connectivity index (χ1v) is 11.7. The van der Waals surface area contributed by atoms with E-state index in [9.17, 15) is 9.18 Å². The molecule has 4 rings (SSSR count). The van der Waals surface area contributed by atoms with Gasteiger partial charge >= 0.3 is 0 Å². The van der Waals surface area contributed by atoms with Crippen molar-refractivity contribution in [3.05, 3.63) is 77.4 Å². The summed E-state index contributed by atoms with van der Waals surface area (Å²) in [5.74, 6) is 1.12. The molecule has 1 aliphatic heterocycles. The zero-order valence-electron chi connectivity index (χ0n) is 20.1. The van der Waals surface area contributed by atoms with Crippen molar-refractivity contribution >= 4 is 11.6 Å². The summed E-state index contributed by atoms with van der Waals surface area (Å²) in [5.41, 5.74) is 3.58. The van der Waals surface area contributed by atoms with Gasteiger partial charge in [0, 0.05) is 19.2 Å². The number of carbonyl (C=O) groups excluding carboxylic acids is 1. The molecule has 1 N–H and O–H groups in total. The quantitative estimate of drug-likeness (QED) is 0.507. The number of benzene rings is 2. The number of amides is 1. The molecular weight excluding hydrogens is 433 g/mol. The molecule has 1 fully saturated rings. The molecule has 180 valence electrons. The lowest BCUT2D eigenvalue weighted by Crippen LogP contribution is -2.31. The molecule has 0 unspecified atom stereocenters. The van der Waals surface area contributed by atoms with Crippen LogP contribution in [-0.4, -0.2) is 28.9 Å². The minimum absolute atomic E-state index is 0.0629. The van der Waals surface area contributed by atoms with Crippen LogP contribution in [0.4, 0.5) is 10.1 Å². The molecule has 0 spiro atoms. The van der Waals surface area contributed by atoms with Gasteiger partial charge in [0.05, 0.1) is 24.1 Å². The summed E-state index contributed by atoms with van der Waals surface area (Å²) in [6.45, 7) is 6.75. The van der Waals surface area contributed by atoms with Crippen LogP contribution in [0.15, 0.2) is 54.7 Å². The predicted molar refractivity (Wildman–Crippen MR) is 129 cm³/mol. The Morgan fingerprint density at radius 3 is 2.68 bits per heavy atom. The maximum atomic E-state index is 13.3. The lowest BCUT2D eigenvalue weighted by Gasteiger charge is -2.39. The van der Waals surface area contributed by atoms with Crippen molar-refractivity contribution in [2.24, 2.45) is 18.9 Å². The number of nitrogens with one attached hydrogen (secondary N) is 1. The van der Waals surface area contributed by atoms with Gasteiger partial charge in [0.15, 0.2) is 6.61 Å². The first-order valence-electron chi connectivity index (χ1n) is 11.7. The molecule has 2 aromatic carbocycles. The highest BCUT2D eigenvalue weighted by Crippen LogP contribution is 2.43. The minimum Gasteiger partial charge on any atom is -0.484 e. The number of nitrogens with zero attached hydrogens (tertiary/aromatic N) is 2. The molecule has 3 atom stereocenters. The second-order valence-electron chi connectivity index (χ2n) is 9.36. The third-order valence-electron chi connectivity index (χ3n) is 6.46. The Morgan fingerprint density at radius 2 is 2.00 bits per heavy atom. The highest BCUT2D eigenvalue weighted by Gasteiger charge is 2.35. The van der Waals surface area contributed by atoms with Gasteiger partial charge in [0.25, 0.3) is 5.91 Å². The van der Waals surface area contributed by atoms with E-state index in [-0.39, 0.29) is 30.4 Å². The summed E-state index contributed by atoms with van der Waals surface area (Å²) in [5, 5.41) is 7.06. The molecule has 0 bridgehead atoms. The number of anilines is 1. The Labute approximate surface area is 200 Å². The largest absolute Gasteiger partial charge is 0.484 e. The smallest absolute Gasteiger partial charge is 0.262 e. The van der Waals surface area contributed by atoms with E-state index in [1.54, 1.807) is 10.9 Å². The van der Waals surface area contributed by atoms with E-state index in [2.05, 4.69) is 24.3 Å². The van der Waals surface area contributed by atoms with E-state index in [0.29, 0.717) is 29.9 Å². The molecule has 2 heterocycles. The van der Waals surface area contributed by atoms with Crippen LogP contribution >= 0.6 is 0 Å². The SMILES string of the molecule is Cc1nn(C)cc1NC(=O)COc1cccc([C@@H]2OC[C@@H](c3ccc(F)cc3)C[C@H]2C(C)C)c1. The number of hydrogen-bond donors (Lipinski definition) is 1. The number of hydrogen-bond acceptors (Lipinski definition) is 4. The van der Waals surface area contributed by atoms with Crippen LogP contribution < -0.4 is 10.1 Å². The molecule has 6 nitrogen and oxygen atoms in total. The van der Waals surface area contributed by atoms with Crippen LogP contribution in [0.5, 0.6) is 5.75 Å². The van der Waals surface area contributed by atoms with Crippen LogP contribution in [0.2, 0.25) is 0 Å². The highest BCUT2D eigenvalue weighted by molar-refractivity contribution is 5.92. The van der Waals surface area contributed by atoms with E-state index in [4.69, 9.17) is 9.47 Å². The van der Waals surface area contributed by atoms with Gasteiger partial charge in [-0.05, 0) is 60.6 Å². The van der Waals surface area contributed by atoms with Crippen LogP contribution in [0.3, 0.4) is 0 Å². The van der Waals surface area contributed by atoms with E-state index in [0.717, 1.165) is 23.2 Å². The van der Waals surface area contributed by atoms with Crippen molar-refractivity contribution in [3.63, 3.8) is 0 Å². The van der Waals surface area contributed by atoms with Gasteiger partial charge < -0.3 is 14.8 Å². The Kier molecular flexibility index (Phi) is 7.32. The maximum Gasteiger partial charge on any atom is 0.262 e. The number of ether oxygens (including phenoxy) is 2. The highest BCUT2D eigenvalue weighted by atomic mass is 19.1. The fourth-order valence-corrected chi connectivity index (χ4v) is 4.63. The molecule has 1 saturated heterocycles. The zero-order chi connectivity index (χ0) is 24.2. The second-order valence-corrected chi connectivity index (χ2v) is 9.36. The fourth-order valence-electron chi connectivity index (χ4n) is 4.63. The molecule has 0 aliphatic carbocycles. The predicted octanol–water partition coefficient (Wildman–Crippen LogP) is 5.40. The lowest BCUT2D eigenvalue weighted by molar-refractivity contribution is -0.118. The van der Waals surface area contributed by atoms with Crippen molar-refractivity contribution in [2.75, 3.05) is 18.5 Å². The third-order valence-corrected chi connectivity index (χ3v) is 6.46. The van der Waals surface area contributed by atoms with Gasteiger partial charge in [0.2, 0.25) is 0 Å². The minimum atomic E-state index is -0.238. The average molecular weight is 466 g/mol. The van der Waals surface area contributed by atoms with Crippen LogP contribution in [-0.2, 0) is 16.6 Å². The monoisotopic (exact) mass is 465 g/mol. The number of halogens is 1. The molecule has 7 heteroatoms. The maximum absolute atomic E-state index is 13.3. The standard InChI is InChI=1S/C27H32FN3O3/c1-17(2)24-13-21(19-8-10-22(28)11-9-19)15-34-27(24)20-6-5-7-23(12-20)33-16-26(32)29-25-14-31(4)30-18(25)3/h5-12,14,17,21,24,27H,13,15-16H2,1-4H3,(H,29,32)/t21-,24-,27-/m0/s1. The van der Waals surface area contributed by atoms with Crippen molar-refractivity contribution in [1.29, 1.82) is 0 Å². The van der Waals surface area contributed by atoms with Gasteiger partial charge in [-0.2, -0.15) is 5.10 Å². The second kappa shape index (κ2) is 10.4. The average Bonchev–Trinajstić information content (AvgIpc) is 3.14. The van der Waals surface area contributed by atoms with Gasteiger partial charge in [-0.1, -0.05) is 38.1 Å². The molecular formula is C27H32FN3O3. The molecule has 0 radical (unpaired) electrons. The summed E-state index contributed by atoms with van der Waals surface area (Å²) in [6, 6.07) is 14.5. The van der Waals surface area contributed by atoms with E-state index in [1.807, 2.05) is 50.4 Å². The first kappa shape index (κ1) is 24.0. The Bertz CT molecular complexity index is 1130. The Hall–Kier alpha value is -3.19. The van der Waals surface area contributed by atoms with Gasteiger partial charge in [-0.25, -0.2) is 4.39 Å². The topological polar surface area (TPSA) is 65.4 Å². The first-order chi connectivity index (χ1) is 16.3. The molecule has 0 saturated carbocycles. The number of rotatable bonds is 7. The van der Waals surface area contributed by atoms with E-state index < -0.39 is 0 Å². The zero-order valence-corrected chi connectivity index (χ0v) is 20.1. The van der Waals surface area contributed by atoms with E-state index in [1.165, 1.54) is 12.1 Å². The van der Waals surface area contributed by atoms with Gasteiger partial charge in [-0.15, -0.1) is 0 Å². The third kappa shape index (κ3) is 5.65. The summed E-state index contributed by atoms with van der Waals surface area (Å²) in [6.07, 6.45) is 2.66. The van der Waals surface area contributed by atoms with Crippen molar-refractivity contribution in [1.82, 2.24) is 9.78 Å². The number of carbonyl (C=O) groups is 1.